The lowest BCUT2D eigenvalue weighted by Crippen LogP contribution is -2.23. The zero-order valence-electron chi connectivity index (χ0n) is 15.0. The minimum absolute atomic E-state index is 0.506. The molecule has 1 fully saturated rings. The monoisotopic (exact) mass is 410 g/mol. The van der Waals surface area contributed by atoms with Crippen LogP contribution in [0.1, 0.15) is 32.1 Å². The molecule has 0 radical (unpaired) electrons. The maximum atomic E-state index is 5.45. The molecule has 0 amide bonds. The number of pyridine rings is 1. The zero-order valence-corrected chi connectivity index (χ0v) is 16.6. The van der Waals surface area contributed by atoms with Crippen molar-refractivity contribution in [1.29, 1.82) is 0 Å². The van der Waals surface area contributed by atoms with Crippen LogP contribution >= 0.6 is 15.9 Å². The molecule has 1 aliphatic carbocycles. The number of rotatable bonds is 4. The van der Waals surface area contributed by atoms with Crippen LogP contribution in [0.25, 0.3) is 22.0 Å². The lowest BCUT2D eigenvalue weighted by molar-refractivity contribution is 0.415. The molecule has 1 saturated carbocycles. The van der Waals surface area contributed by atoms with Crippen molar-refractivity contribution in [2.75, 3.05) is 12.4 Å². The molecule has 0 aliphatic heterocycles. The first-order chi connectivity index (χ1) is 12.8. The molecule has 0 saturated heterocycles. The highest BCUT2D eigenvalue weighted by atomic mass is 79.9. The largest absolute Gasteiger partial charge is 0.497 e. The molecule has 4 heteroatoms. The first-order valence-corrected chi connectivity index (χ1v) is 10.0. The first-order valence-electron chi connectivity index (χ1n) is 9.25. The molecule has 26 heavy (non-hydrogen) atoms. The normalized spacial score (nSPS) is 15.2. The van der Waals surface area contributed by atoms with Gasteiger partial charge in [-0.1, -0.05) is 49.6 Å². The van der Waals surface area contributed by atoms with Crippen molar-refractivity contribution < 1.29 is 4.74 Å². The van der Waals surface area contributed by atoms with Crippen molar-refractivity contribution >= 4 is 32.5 Å². The average molecular weight is 411 g/mol. The van der Waals surface area contributed by atoms with Crippen LogP contribution in [0.3, 0.4) is 0 Å². The minimum Gasteiger partial charge on any atom is -0.497 e. The number of ether oxygens (including phenoxy) is 1. The average Bonchev–Trinajstić information content (AvgIpc) is 2.71. The summed E-state index contributed by atoms with van der Waals surface area (Å²) < 4.78 is 6.46. The smallest absolute Gasteiger partial charge is 0.134 e. The van der Waals surface area contributed by atoms with Gasteiger partial charge in [-0.15, -0.1) is 0 Å². The Morgan fingerprint density at radius 1 is 1.00 bits per heavy atom. The molecule has 0 unspecified atom stereocenters. The number of nitrogens with zero attached hydrogens (tertiary/aromatic N) is 1. The third kappa shape index (κ3) is 3.43. The zero-order chi connectivity index (χ0) is 17.9. The molecule has 4 rings (SSSR count). The van der Waals surface area contributed by atoms with E-state index in [1.165, 1.54) is 32.1 Å². The SMILES string of the molecule is COc1ccc2c(NC3CCCCC3)nc(-c3ccccc3)c(Br)c2c1. The van der Waals surface area contributed by atoms with Crippen molar-refractivity contribution in [3.63, 3.8) is 0 Å². The summed E-state index contributed by atoms with van der Waals surface area (Å²) in [5.74, 6) is 1.82. The Balaban J connectivity index is 1.86. The van der Waals surface area contributed by atoms with Crippen molar-refractivity contribution in [2.45, 2.75) is 38.1 Å². The molecule has 134 valence electrons. The molecular weight excluding hydrogens is 388 g/mol. The second-order valence-electron chi connectivity index (χ2n) is 6.88. The molecule has 0 bridgehead atoms. The van der Waals surface area contributed by atoms with E-state index in [9.17, 15) is 0 Å². The number of halogens is 1. The highest BCUT2D eigenvalue weighted by Crippen LogP contribution is 2.38. The second-order valence-corrected chi connectivity index (χ2v) is 7.67. The summed E-state index contributed by atoms with van der Waals surface area (Å²) in [6.45, 7) is 0. The molecule has 1 aromatic heterocycles. The minimum atomic E-state index is 0.506. The Morgan fingerprint density at radius 2 is 1.77 bits per heavy atom. The Labute approximate surface area is 162 Å². The van der Waals surface area contributed by atoms with E-state index in [0.29, 0.717) is 6.04 Å². The van der Waals surface area contributed by atoms with Gasteiger partial charge in [-0.2, -0.15) is 0 Å². The summed E-state index contributed by atoms with van der Waals surface area (Å²) in [7, 11) is 1.70. The summed E-state index contributed by atoms with van der Waals surface area (Å²) in [4.78, 5) is 5.02. The van der Waals surface area contributed by atoms with Crippen LogP contribution in [-0.2, 0) is 0 Å². The van der Waals surface area contributed by atoms with Crippen LogP contribution in [0.4, 0.5) is 5.82 Å². The van der Waals surface area contributed by atoms with Crippen LogP contribution in [0, 0.1) is 0 Å². The Kier molecular flexibility index (Phi) is 5.11. The summed E-state index contributed by atoms with van der Waals surface area (Å²) in [5.41, 5.74) is 2.07. The number of anilines is 1. The Hall–Kier alpha value is -2.07. The van der Waals surface area contributed by atoms with Crippen LogP contribution in [0.5, 0.6) is 5.75 Å². The van der Waals surface area contributed by atoms with E-state index in [2.05, 4.69) is 45.5 Å². The number of fused-ring (bicyclic) bond motifs is 1. The number of benzene rings is 2. The predicted molar refractivity (Wildman–Crippen MR) is 112 cm³/mol. The number of hydrogen-bond acceptors (Lipinski definition) is 3. The number of methoxy groups -OCH3 is 1. The Morgan fingerprint density at radius 3 is 2.50 bits per heavy atom. The molecule has 3 aromatic rings. The molecule has 1 aliphatic rings. The van der Waals surface area contributed by atoms with Gasteiger partial charge in [-0.3, -0.25) is 0 Å². The second kappa shape index (κ2) is 7.67. The van der Waals surface area contributed by atoms with Crippen molar-refractivity contribution in [3.05, 3.63) is 53.0 Å². The van der Waals surface area contributed by atoms with E-state index in [-0.39, 0.29) is 0 Å². The van der Waals surface area contributed by atoms with Gasteiger partial charge in [0.05, 0.1) is 17.3 Å². The lowest BCUT2D eigenvalue weighted by Gasteiger charge is -2.25. The van der Waals surface area contributed by atoms with Crippen LogP contribution < -0.4 is 10.1 Å². The Bertz CT molecular complexity index is 905. The standard InChI is InChI=1S/C22H23BrN2O/c1-26-17-12-13-18-19(14-17)20(23)21(15-8-4-2-5-9-15)25-22(18)24-16-10-6-3-7-11-16/h2,4-5,8-9,12-14,16H,3,6-7,10-11H2,1H3,(H,24,25). The molecule has 1 N–H and O–H groups in total. The van der Waals surface area contributed by atoms with E-state index in [1.807, 2.05) is 24.3 Å². The third-order valence-corrected chi connectivity index (χ3v) is 5.95. The van der Waals surface area contributed by atoms with E-state index >= 15 is 0 Å². The molecular formula is C22H23BrN2O. The van der Waals surface area contributed by atoms with Gasteiger partial charge in [0.2, 0.25) is 0 Å². The maximum absolute atomic E-state index is 5.45. The topological polar surface area (TPSA) is 34.1 Å². The predicted octanol–water partition coefficient (Wildman–Crippen LogP) is 6.42. The van der Waals surface area contributed by atoms with E-state index in [1.54, 1.807) is 7.11 Å². The highest BCUT2D eigenvalue weighted by molar-refractivity contribution is 9.10. The fraction of sp³-hybridized carbons (Fsp3) is 0.318. The molecule has 3 nitrogen and oxygen atoms in total. The van der Waals surface area contributed by atoms with Crippen LogP contribution in [0.2, 0.25) is 0 Å². The lowest BCUT2D eigenvalue weighted by atomic mass is 9.95. The van der Waals surface area contributed by atoms with Crippen molar-refractivity contribution in [3.8, 4) is 17.0 Å². The van der Waals surface area contributed by atoms with Gasteiger partial charge in [0.25, 0.3) is 0 Å². The first kappa shape index (κ1) is 17.3. The molecule has 0 spiro atoms. The summed E-state index contributed by atoms with van der Waals surface area (Å²) in [6, 6.07) is 17.0. The quantitative estimate of drug-likeness (QED) is 0.538. The van der Waals surface area contributed by atoms with Gasteiger partial charge in [0.15, 0.2) is 0 Å². The summed E-state index contributed by atoms with van der Waals surface area (Å²) in [5, 5.41) is 5.98. The van der Waals surface area contributed by atoms with Gasteiger partial charge in [0, 0.05) is 22.4 Å². The van der Waals surface area contributed by atoms with Crippen molar-refractivity contribution in [2.24, 2.45) is 0 Å². The molecule has 0 atom stereocenters. The molecule has 2 aromatic carbocycles. The van der Waals surface area contributed by atoms with Crippen LogP contribution in [0.15, 0.2) is 53.0 Å². The van der Waals surface area contributed by atoms with Crippen LogP contribution in [-0.4, -0.2) is 18.1 Å². The third-order valence-electron chi connectivity index (χ3n) is 5.14. The fourth-order valence-electron chi connectivity index (χ4n) is 3.72. The van der Waals surface area contributed by atoms with Gasteiger partial charge < -0.3 is 10.1 Å². The summed E-state index contributed by atoms with van der Waals surface area (Å²) in [6.07, 6.45) is 6.38. The number of hydrogen-bond donors (Lipinski definition) is 1. The fourth-order valence-corrected chi connectivity index (χ4v) is 4.37. The van der Waals surface area contributed by atoms with Gasteiger partial charge >= 0.3 is 0 Å². The van der Waals surface area contributed by atoms with Crippen molar-refractivity contribution in [1.82, 2.24) is 4.98 Å². The molecule has 1 heterocycles. The van der Waals surface area contributed by atoms with Gasteiger partial charge in [-0.25, -0.2) is 4.98 Å². The van der Waals surface area contributed by atoms with E-state index < -0.39 is 0 Å². The van der Waals surface area contributed by atoms with E-state index in [0.717, 1.165) is 38.1 Å². The van der Waals surface area contributed by atoms with E-state index in [4.69, 9.17) is 9.72 Å². The summed E-state index contributed by atoms with van der Waals surface area (Å²) >= 11 is 3.80. The maximum Gasteiger partial charge on any atom is 0.134 e. The van der Waals surface area contributed by atoms with Gasteiger partial charge in [-0.05, 0) is 47.0 Å². The van der Waals surface area contributed by atoms with Gasteiger partial charge in [0.1, 0.15) is 11.6 Å². The highest BCUT2D eigenvalue weighted by Gasteiger charge is 2.18. The number of nitrogens with one attached hydrogen (secondary N) is 1. The number of aromatic nitrogens is 1.